The maximum Gasteiger partial charge on any atom is 0.137 e. The molecule has 0 saturated heterocycles. The zero-order valence-corrected chi connectivity index (χ0v) is 12.0. The fourth-order valence-electron chi connectivity index (χ4n) is 2.04. The van der Waals surface area contributed by atoms with E-state index >= 15 is 0 Å². The lowest BCUT2D eigenvalue weighted by molar-refractivity contribution is 0.530. The van der Waals surface area contributed by atoms with E-state index in [1.54, 1.807) is 10.9 Å². The predicted molar refractivity (Wildman–Crippen MR) is 73.7 cm³/mol. The molecule has 3 nitrogen and oxygen atoms in total. The van der Waals surface area contributed by atoms with Crippen LogP contribution >= 0.6 is 11.6 Å². The van der Waals surface area contributed by atoms with E-state index in [1.807, 2.05) is 26.2 Å². The fourth-order valence-corrected chi connectivity index (χ4v) is 2.61. The van der Waals surface area contributed by atoms with Gasteiger partial charge in [-0.25, -0.2) is 0 Å². The third kappa shape index (κ3) is 2.78. The Hall–Kier alpha value is -1.22. The van der Waals surface area contributed by atoms with Gasteiger partial charge in [0, 0.05) is 18.8 Å². The number of furan rings is 1. The quantitative estimate of drug-likeness (QED) is 0.772. The van der Waals surface area contributed by atoms with Gasteiger partial charge in [0.15, 0.2) is 0 Å². The molecule has 0 aliphatic heterocycles. The molecule has 1 atom stereocenters. The summed E-state index contributed by atoms with van der Waals surface area (Å²) >= 11 is 6.43. The van der Waals surface area contributed by atoms with Gasteiger partial charge >= 0.3 is 0 Å². The zero-order chi connectivity index (χ0) is 13.3. The average Bonchev–Trinajstić information content (AvgIpc) is 2.83. The van der Waals surface area contributed by atoms with Gasteiger partial charge in [0.05, 0.1) is 17.1 Å². The van der Waals surface area contributed by atoms with Gasteiger partial charge in [-0.1, -0.05) is 13.8 Å². The molecule has 2 rings (SSSR count). The van der Waals surface area contributed by atoms with Crippen LogP contribution in [-0.4, -0.2) is 9.78 Å². The minimum atomic E-state index is 0.0131. The van der Waals surface area contributed by atoms with Crippen molar-refractivity contribution in [2.24, 2.45) is 13.0 Å². The van der Waals surface area contributed by atoms with Crippen LogP contribution in [0.3, 0.4) is 0 Å². The van der Waals surface area contributed by atoms with Crippen molar-refractivity contribution in [1.82, 2.24) is 9.78 Å². The van der Waals surface area contributed by atoms with Crippen molar-refractivity contribution in [1.29, 1.82) is 0 Å². The molecule has 0 radical (unpaired) electrons. The van der Waals surface area contributed by atoms with E-state index in [4.69, 9.17) is 16.0 Å². The molecule has 18 heavy (non-hydrogen) atoms. The molecule has 0 aliphatic carbocycles. The summed E-state index contributed by atoms with van der Waals surface area (Å²) < 4.78 is 7.54. The van der Waals surface area contributed by atoms with E-state index in [1.165, 1.54) is 0 Å². The van der Waals surface area contributed by atoms with E-state index in [0.717, 1.165) is 29.1 Å². The first-order chi connectivity index (χ1) is 8.47. The highest BCUT2D eigenvalue weighted by atomic mass is 35.5. The second-order valence-corrected chi connectivity index (χ2v) is 5.65. The van der Waals surface area contributed by atoms with Gasteiger partial charge in [-0.05, 0) is 25.3 Å². The molecule has 0 aliphatic rings. The molecule has 1 unspecified atom stereocenters. The maximum atomic E-state index is 6.43. The van der Waals surface area contributed by atoms with Gasteiger partial charge in [-0.2, -0.15) is 5.10 Å². The van der Waals surface area contributed by atoms with Gasteiger partial charge in [-0.15, -0.1) is 11.6 Å². The van der Waals surface area contributed by atoms with Crippen molar-refractivity contribution in [3.8, 4) is 11.3 Å². The predicted octanol–water partition coefficient (Wildman–Crippen LogP) is 4.31. The Balaban J connectivity index is 2.26. The minimum absolute atomic E-state index is 0.0131. The second kappa shape index (κ2) is 5.19. The van der Waals surface area contributed by atoms with Crippen LogP contribution in [-0.2, 0) is 7.05 Å². The molecule has 0 spiro atoms. The van der Waals surface area contributed by atoms with Crippen LogP contribution in [0.1, 0.15) is 37.0 Å². The van der Waals surface area contributed by atoms with E-state index < -0.39 is 0 Å². The first-order valence-corrected chi connectivity index (χ1v) is 6.64. The topological polar surface area (TPSA) is 31.0 Å². The van der Waals surface area contributed by atoms with Crippen LogP contribution in [0.4, 0.5) is 0 Å². The normalized spacial score (nSPS) is 13.2. The first-order valence-electron chi connectivity index (χ1n) is 6.20. The van der Waals surface area contributed by atoms with E-state index in [-0.39, 0.29) is 5.38 Å². The van der Waals surface area contributed by atoms with Crippen molar-refractivity contribution < 1.29 is 4.42 Å². The summed E-state index contributed by atoms with van der Waals surface area (Å²) in [6.45, 7) is 6.31. The number of alkyl halides is 1. The van der Waals surface area contributed by atoms with E-state index in [2.05, 4.69) is 18.9 Å². The van der Waals surface area contributed by atoms with Crippen LogP contribution in [0, 0.1) is 12.8 Å². The number of aromatic nitrogens is 2. The summed E-state index contributed by atoms with van der Waals surface area (Å²) in [7, 11) is 1.89. The third-order valence-corrected chi connectivity index (χ3v) is 3.37. The molecule has 0 saturated carbocycles. The second-order valence-electron chi connectivity index (χ2n) is 5.12. The highest BCUT2D eigenvalue weighted by Gasteiger charge is 2.18. The zero-order valence-electron chi connectivity index (χ0n) is 11.3. The van der Waals surface area contributed by atoms with Crippen molar-refractivity contribution in [2.45, 2.75) is 32.6 Å². The maximum absolute atomic E-state index is 6.43. The number of rotatable bonds is 4. The molecule has 0 bridgehead atoms. The van der Waals surface area contributed by atoms with Crippen molar-refractivity contribution in [3.05, 3.63) is 29.8 Å². The molecule has 0 aromatic carbocycles. The molecule has 0 amide bonds. The summed E-state index contributed by atoms with van der Waals surface area (Å²) in [4.78, 5) is 0. The number of halogens is 1. The molecule has 0 N–H and O–H groups in total. The van der Waals surface area contributed by atoms with Gasteiger partial charge in [0.2, 0.25) is 0 Å². The molecular weight excluding hydrogens is 248 g/mol. The Bertz CT molecular complexity index is 528. The first kappa shape index (κ1) is 13.2. The summed E-state index contributed by atoms with van der Waals surface area (Å²) in [6, 6.07) is 2.03. The fraction of sp³-hybridized carbons (Fsp3) is 0.500. The molecule has 98 valence electrons. The Morgan fingerprint density at radius 2 is 2.17 bits per heavy atom. The van der Waals surface area contributed by atoms with Gasteiger partial charge in [0.25, 0.3) is 0 Å². The van der Waals surface area contributed by atoms with Gasteiger partial charge in [-0.3, -0.25) is 4.68 Å². The lowest BCUT2D eigenvalue weighted by atomic mass is 10.0. The number of nitrogens with zero attached hydrogens (tertiary/aromatic N) is 2. The molecule has 2 aromatic heterocycles. The van der Waals surface area contributed by atoms with Crippen LogP contribution in [0.25, 0.3) is 11.3 Å². The lowest BCUT2D eigenvalue weighted by Crippen LogP contribution is -1.96. The van der Waals surface area contributed by atoms with Gasteiger partial charge < -0.3 is 4.42 Å². The van der Waals surface area contributed by atoms with Crippen molar-refractivity contribution >= 4 is 11.6 Å². The minimum Gasteiger partial charge on any atom is -0.461 e. The van der Waals surface area contributed by atoms with E-state index in [0.29, 0.717) is 5.92 Å². The monoisotopic (exact) mass is 266 g/mol. The number of aryl methyl sites for hydroxylation is 2. The largest absolute Gasteiger partial charge is 0.461 e. The highest BCUT2D eigenvalue weighted by molar-refractivity contribution is 6.20. The molecular formula is C14H19ClN2O. The van der Waals surface area contributed by atoms with Crippen LogP contribution < -0.4 is 0 Å². The van der Waals surface area contributed by atoms with Crippen LogP contribution in [0.15, 0.2) is 22.9 Å². The summed E-state index contributed by atoms with van der Waals surface area (Å²) in [5.41, 5.74) is 2.07. The summed E-state index contributed by atoms with van der Waals surface area (Å²) in [5, 5.41) is 4.16. The Kier molecular flexibility index (Phi) is 3.81. The Labute approximate surface area is 113 Å². The lowest BCUT2D eigenvalue weighted by Gasteiger charge is -2.10. The highest BCUT2D eigenvalue weighted by Crippen LogP contribution is 2.35. The smallest absolute Gasteiger partial charge is 0.137 e. The third-order valence-electron chi connectivity index (χ3n) is 2.96. The van der Waals surface area contributed by atoms with Crippen molar-refractivity contribution in [2.75, 3.05) is 0 Å². The molecule has 2 aromatic rings. The van der Waals surface area contributed by atoms with Crippen molar-refractivity contribution in [3.63, 3.8) is 0 Å². The standard InChI is InChI=1S/C14H19ClN2O/c1-9(2)5-13(15)12-6-14(18-10(12)3)11-7-16-17(4)8-11/h6-9,13H,5H2,1-4H3. The average molecular weight is 267 g/mol. The Morgan fingerprint density at radius 3 is 2.72 bits per heavy atom. The molecule has 0 fully saturated rings. The van der Waals surface area contributed by atoms with Crippen LogP contribution in [0.5, 0.6) is 0 Å². The number of hydrogen-bond donors (Lipinski definition) is 0. The summed E-state index contributed by atoms with van der Waals surface area (Å²) in [6.07, 6.45) is 4.69. The SMILES string of the molecule is Cc1oc(-c2cnn(C)c2)cc1C(Cl)CC(C)C. The van der Waals surface area contributed by atoms with Gasteiger partial charge in [0.1, 0.15) is 11.5 Å². The number of hydrogen-bond acceptors (Lipinski definition) is 2. The summed E-state index contributed by atoms with van der Waals surface area (Å²) in [5.74, 6) is 2.31. The van der Waals surface area contributed by atoms with E-state index in [9.17, 15) is 0 Å². The molecule has 2 heterocycles. The van der Waals surface area contributed by atoms with Crippen LogP contribution in [0.2, 0.25) is 0 Å². The Morgan fingerprint density at radius 1 is 1.44 bits per heavy atom. The molecule has 4 heteroatoms.